The molecule has 1 atom stereocenters. The fraction of sp³-hybridized carbons (Fsp3) is 0.700. The number of hydrogen-bond acceptors (Lipinski definition) is 3. The van der Waals surface area contributed by atoms with Gasteiger partial charge in [-0.2, -0.15) is 0 Å². The Labute approximate surface area is 84.4 Å². The van der Waals surface area contributed by atoms with Crippen molar-refractivity contribution in [3.05, 3.63) is 16.6 Å². The van der Waals surface area contributed by atoms with Gasteiger partial charge < -0.3 is 5.32 Å². The van der Waals surface area contributed by atoms with Crippen molar-refractivity contribution < 1.29 is 0 Å². The van der Waals surface area contributed by atoms with Crippen LogP contribution in [-0.4, -0.2) is 18.1 Å². The summed E-state index contributed by atoms with van der Waals surface area (Å²) in [7, 11) is 2.04. The van der Waals surface area contributed by atoms with Crippen LogP contribution in [0.1, 0.15) is 31.2 Å². The highest BCUT2D eigenvalue weighted by atomic mass is 32.1. The Bertz CT molecular complexity index is 209. The molecule has 1 N–H and O–H groups in total. The molecule has 1 rings (SSSR count). The predicted octanol–water partition coefficient (Wildman–Crippen LogP) is 2.46. The van der Waals surface area contributed by atoms with E-state index < -0.39 is 0 Å². The Morgan fingerprint density at radius 3 is 2.92 bits per heavy atom. The molecule has 0 aliphatic heterocycles. The van der Waals surface area contributed by atoms with Gasteiger partial charge in [-0.1, -0.05) is 13.3 Å². The van der Waals surface area contributed by atoms with Crippen LogP contribution >= 0.6 is 11.3 Å². The molecule has 0 aromatic carbocycles. The highest BCUT2D eigenvalue weighted by Crippen LogP contribution is 2.10. The molecule has 1 unspecified atom stereocenters. The Kier molecular flexibility index (Phi) is 5.01. The second kappa shape index (κ2) is 6.11. The van der Waals surface area contributed by atoms with E-state index in [0.717, 1.165) is 6.42 Å². The van der Waals surface area contributed by atoms with Gasteiger partial charge in [0, 0.05) is 24.0 Å². The summed E-state index contributed by atoms with van der Waals surface area (Å²) in [6.45, 7) is 2.23. The number of aromatic nitrogens is 1. The molecule has 3 heteroatoms. The standard InChI is InChI=1S/C10H18N2S/c1-3-4-9(11-2)5-6-10-12-7-8-13-10/h7-9,11H,3-6H2,1-2H3. The van der Waals surface area contributed by atoms with E-state index in [1.165, 1.54) is 24.3 Å². The molecule has 0 aliphatic rings. The number of hydrogen-bond donors (Lipinski definition) is 1. The first kappa shape index (κ1) is 10.7. The first-order valence-electron chi connectivity index (χ1n) is 4.92. The zero-order chi connectivity index (χ0) is 9.52. The number of nitrogens with one attached hydrogen (secondary N) is 1. The minimum Gasteiger partial charge on any atom is -0.317 e. The maximum atomic E-state index is 4.27. The van der Waals surface area contributed by atoms with E-state index >= 15 is 0 Å². The molecule has 13 heavy (non-hydrogen) atoms. The van der Waals surface area contributed by atoms with Crippen molar-refractivity contribution in [1.82, 2.24) is 10.3 Å². The van der Waals surface area contributed by atoms with Crippen LogP contribution in [-0.2, 0) is 6.42 Å². The van der Waals surface area contributed by atoms with E-state index in [1.807, 2.05) is 18.6 Å². The van der Waals surface area contributed by atoms with Crippen molar-refractivity contribution >= 4 is 11.3 Å². The van der Waals surface area contributed by atoms with Crippen LogP contribution < -0.4 is 5.32 Å². The van der Waals surface area contributed by atoms with Gasteiger partial charge in [-0.15, -0.1) is 11.3 Å². The molecule has 0 bridgehead atoms. The summed E-state index contributed by atoms with van der Waals surface area (Å²) in [4.78, 5) is 4.27. The molecule has 0 spiro atoms. The third-order valence-corrected chi connectivity index (χ3v) is 3.07. The van der Waals surface area contributed by atoms with Crippen LogP contribution in [0.15, 0.2) is 11.6 Å². The number of thiazole rings is 1. The van der Waals surface area contributed by atoms with E-state index in [0.29, 0.717) is 6.04 Å². The molecule has 0 saturated carbocycles. The third kappa shape index (κ3) is 3.87. The van der Waals surface area contributed by atoms with Crippen LogP contribution in [0.2, 0.25) is 0 Å². The van der Waals surface area contributed by atoms with Gasteiger partial charge in [-0.3, -0.25) is 0 Å². The molecule has 0 saturated heterocycles. The fourth-order valence-corrected chi connectivity index (χ4v) is 2.09. The van der Waals surface area contributed by atoms with E-state index in [9.17, 15) is 0 Å². The van der Waals surface area contributed by atoms with Crippen molar-refractivity contribution in [3.63, 3.8) is 0 Å². The minimum absolute atomic E-state index is 0.661. The first-order valence-corrected chi connectivity index (χ1v) is 5.80. The van der Waals surface area contributed by atoms with E-state index in [4.69, 9.17) is 0 Å². The van der Waals surface area contributed by atoms with Gasteiger partial charge >= 0.3 is 0 Å². The van der Waals surface area contributed by atoms with Gasteiger partial charge in [0.25, 0.3) is 0 Å². The molecule has 0 radical (unpaired) electrons. The lowest BCUT2D eigenvalue weighted by atomic mass is 10.1. The van der Waals surface area contributed by atoms with Crippen LogP contribution in [0.3, 0.4) is 0 Å². The Hall–Kier alpha value is -0.410. The van der Waals surface area contributed by atoms with Crippen LogP contribution in [0.5, 0.6) is 0 Å². The van der Waals surface area contributed by atoms with Crippen molar-refractivity contribution in [2.45, 2.75) is 38.6 Å². The van der Waals surface area contributed by atoms with Gasteiger partial charge in [0.05, 0.1) is 5.01 Å². The Balaban J connectivity index is 2.23. The van der Waals surface area contributed by atoms with Gasteiger partial charge in [0.2, 0.25) is 0 Å². The number of aryl methyl sites for hydroxylation is 1. The highest BCUT2D eigenvalue weighted by molar-refractivity contribution is 7.09. The molecule has 1 heterocycles. The van der Waals surface area contributed by atoms with E-state index in [-0.39, 0.29) is 0 Å². The van der Waals surface area contributed by atoms with Gasteiger partial charge in [-0.05, 0) is 19.9 Å². The smallest absolute Gasteiger partial charge is 0.0925 e. The molecule has 1 aromatic heterocycles. The van der Waals surface area contributed by atoms with Crippen molar-refractivity contribution in [1.29, 1.82) is 0 Å². The average Bonchev–Trinajstić information content (AvgIpc) is 2.64. The van der Waals surface area contributed by atoms with E-state index in [2.05, 4.69) is 17.2 Å². The minimum atomic E-state index is 0.661. The summed E-state index contributed by atoms with van der Waals surface area (Å²) in [5, 5.41) is 6.65. The third-order valence-electron chi connectivity index (χ3n) is 2.24. The summed E-state index contributed by atoms with van der Waals surface area (Å²) in [5.74, 6) is 0. The lowest BCUT2D eigenvalue weighted by molar-refractivity contribution is 0.483. The molecule has 1 aromatic rings. The highest BCUT2D eigenvalue weighted by Gasteiger charge is 2.05. The second-order valence-electron chi connectivity index (χ2n) is 3.24. The zero-order valence-electron chi connectivity index (χ0n) is 8.42. The molecule has 0 amide bonds. The van der Waals surface area contributed by atoms with Crippen molar-refractivity contribution in [2.24, 2.45) is 0 Å². The van der Waals surface area contributed by atoms with E-state index in [1.54, 1.807) is 11.3 Å². The SMILES string of the molecule is CCCC(CCc1nccs1)NC. The Morgan fingerprint density at radius 2 is 2.38 bits per heavy atom. The predicted molar refractivity (Wildman–Crippen MR) is 58.2 cm³/mol. The second-order valence-corrected chi connectivity index (χ2v) is 4.22. The molecule has 0 fully saturated rings. The average molecular weight is 198 g/mol. The van der Waals surface area contributed by atoms with Crippen LogP contribution in [0, 0.1) is 0 Å². The monoisotopic (exact) mass is 198 g/mol. The van der Waals surface area contributed by atoms with Gasteiger partial charge in [-0.25, -0.2) is 4.98 Å². The largest absolute Gasteiger partial charge is 0.317 e. The summed E-state index contributed by atoms with van der Waals surface area (Å²) in [5.41, 5.74) is 0. The quantitative estimate of drug-likeness (QED) is 0.759. The molecule has 0 aliphatic carbocycles. The summed E-state index contributed by atoms with van der Waals surface area (Å²) in [6.07, 6.45) is 6.72. The molecule has 2 nitrogen and oxygen atoms in total. The topological polar surface area (TPSA) is 24.9 Å². The van der Waals surface area contributed by atoms with Crippen molar-refractivity contribution in [3.8, 4) is 0 Å². The van der Waals surface area contributed by atoms with Crippen LogP contribution in [0.4, 0.5) is 0 Å². The number of nitrogens with zero attached hydrogens (tertiary/aromatic N) is 1. The summed E-state index contributed by atoms with van der Waals surface area (Å²) >= 11 is 1.75. The molecular weight excluding hydrogens is 180 g/mol. The maximum Gasteiger partial charge on any atom is 0.0925 e. The first-order chi connectivity index (χ1) is 6.36. The van der Waals surface area contributed by atoms with Gasteiger partial charge in [0.15, 0.2) is 0 Å². The fourth-order valence-electron chi connectivity index (χ4n) is 1.46. The summed E-state index contributed by atoms with van der Waals surface area (Å²) < 4.78 is 0. The molecule has 74 valence electrons. The zero-order valence-corrected chi connectivity index (χ0v) is 9.23. The lowest BCUT2D eigenvalue weighted by Crippen LogP contribution is -2.25. The molecular formula is C10H18N2S. The summed E-state index contributed by atoms with van der Waals surface area (Å²) in [6, 6.07) is 0.661. The Morgan fingerprint density at radius 1 is 1.54 bits per heavy atom. The van der Waals surface area contributed by atoms with Crippen LogP contribution in [0.25, 0.3) is 0 Å². The van der Waals surface area contributed by atoms with Gasteiger partial charge in [0.1, 0.15) is 0 Å². The maximum absolute atomic E-state index is 4.27. The normalized spacial score (nSPS) is 13.1. The lowest BCUT2D eigenvalue weighted by Gasteiger charge is -2.13. The number of rotatable bonds is 6. The van der Waals surface area contributed by atoms with Crippen molar-refractivity contribution in [2.75, 3.05) is 7.05 Å².